The summed E-state index contributed by atoms with van der Waals surface area (Å²) in [4.78, 5) is 10.5. The highest BCUT2D eigenvalue weighted by Crippen LogP contribution is 1.96. The van der Waals surface area contributed by atoms with E-state index in [0.29, 0.717) is 6.42 Å². The first-order valence-corrected chi connectivity index (χ1v) is 3.37. The first kappa shape index (κ1) is 10.3. The van der Waals surface area contributed by atoms with Crippen LogP contribution in [0.25, 0.3) is 0 Å². The number of amides is 1. The molecule has 0 heterocycles. The zero-order chi connectivity index (χ0) is 8.69. The van der Waals surface area contributed by atoms with Crippen molar-refractivity contribution in [3.05, 3.63) is 0 Å². The summed E-state index contributed by atoms with van der Waals surface area (Å²) in [5.74, 6) is 4.54. The predicted octanol–water partition coefficient (Wildman–Crippen LogP) is -1.24. The third-order valence-corrected chi connectivity index (χ3v) is 1.22. The van der Waals surface area contributed by atoms with E-state index in [9.17, 15) is 4.79 Å². The van der Waals surface area contributed by atoms with Crippen LogP contribution in [0.2, 0.25) is 0 Å². The summed E-state index contributed by atoms with van der Waals surface area (Å²) in [6.07, 6.45) is 0.00931. The van der Waals surface area contributed by atoms with Crippen LogP contribution in [0.3, 0.4) is 0 Å². The Balaban J connectivity index is 3.29. The van der Waals surface area contributed by atoms with Crippen molar-refractivity contribution in [1.82, 2.24) is 5.43 Å². The summed E-state index contributed by atoms with van der Waals surface area (Å²) in [5.41, 5.74) is 1.97. The van der Waals surface area contributed by atoms with Crippen molar-refractivity contribution >= 4 is 5.91 Å². The molecule has 0 aliphatic rings. The minimum absolute atomic E-state index is 0.223. The molecule has 5 nitrogen and oxygen atoms in total. The largest absolute Gasteiger partial charge is 0.391 e. The fraction of sp³-hybridized carbons (Fsp3) is 0.833. The van der Waals surface area contributed by atoms with E-state index in [1.807, 2.05) is 5.43 Å². The molecule has 0 spiro atoms. The normalized spacial score (nSPS) is 12.6. The Labute approximate surface area is 65.5 Å². The van der Waals surface area contributed by atoms with Crippen LogP contribution >= 0.6 is 0 Å². The number of hydrogen-bond donors (Lipinski definition) is 3. The van der Waals surface area contributed by atoms with Crippen molar-refractivity contribution in [1.29, 1.82) is 0 Å². The number of carbonyl (C=O) groups excluding carboxylic acids is 1. The summed E-state index contributed by atoms with van der Waals surface area (Å²) < 4.78 is 4.66. The Bertz CT molecular complexity index is 118. The van der Waals surface area contributed by atoms with Gasteiger partial charge in [0.05, 0.1) is 12.7 Å². The lowest BCUT2D eigenvalue weighted by Gasteiger charge is -2.07. The molecule has 1 amide bonds. The Kier molecular flexibility index (Phi) is 5.73. The van der Waals surface area contributed by atoms with Gasteiger partial charge in [-0.05, 0) is 6.42 Å². The molecule has 0 aromatic heterocycles. The molecule has 0 aliphatic carbocycles. The van der Waals surface area contributed by atoms with E-state index in [2.05, 4.69) is 4.74 Å². The van der Waals surface area contributed by atoms with Crippen molar-refractivity contribution < 1.29 is 14.6 Å². The van der Waals surface area contributed by atoms with Gasteiger partial charge < -0.3 is 9.84 Å². The van der Waals surface area contributed by atoms with Crippen LogP contribution in [0.15, 0.2) is 0 Å². The Morgan fingerprint density at radius 3 is 2.91 bits per heavy atom. The third kappa shape index (κ3) is 5.78. The molecule has 0 saturated heterocycles. The Hall–Kier alpha value is -0.650. The third-order valence-electron chi connectivity index (χ3n) is 1.22. The smallest absolute Gasteiger partial charge is 0.233 e. The van der Waals surface area contributed by atoms with Crippen LogP contribution < -0.4 is 11.3 Å². The van der Waals surface area contributed by atoms with Gasteiger partial charge in [0.1, 0.15) is 0 Å². The van der Waals surface area contributed by atoms with Gasteiger partial charge in [0, 0.05) is 13.5 Å². The topological polar surface area (TPSA) is 84.6 Å². The standard InChI is InChI=1S/C6H14N2O3/c1-11-4-5(9)2-3-6(10)8-7/h5,9H,2-4,7H2,1H3,(H,8,10)/t5-/m1/s1. The minimum atomic E-state index is -0.586. The van der Waals surface area contributed by atoms with Gasteiger partial charge in [0.2, 0.25) is 5.91 Å². The van der Waals surface area contributed by atoms with Gasteiger partial charge in [-0.1, -0.05) is 0 Å². The van der Waals surface area contributed by atoms with Crippen molar-refractivity contribution in [3.8, 4) is 0 Å². The van der Waals surface area contributed by atoms with E-state index in [1.165, 1.54) is 7.11 Å². The summed E-state index contributed by atoms with van der Waals surface area (Å²) in [5, 5.41) is 9.05. The average molecular weight is 162 g/mol. The van der Waals surface area contributed by atoms with E-state index in [0.717, 1.165) is 0 Å². The van der Waals surface area contributed by atoms with Crippen LogP contribution in [0.1, 0.15) is 12.8 Å². The molecule has 0 aromatic rings. The van der Waals surface area contributed by atoms with E-state index >= 15 is 0 Å². The second-order valence-electron chi connectivity index (χ2n) is 2.22. The molecule has 0 aromatic carbocycles. The van der Waals surface area contributed by atoms with Crippen molar-refractivity contribution in [2.24, 2.45) is 5.84 Å². The lowest BCUT2D eigenvalue weighted by atomic mass is 10.2. The van der Waals surface area contributed by atoms with E-state index in [1.54, 1.807) is 0 Å². The van der Waals surface area contributed by atoms with Crippen molar-refractivity contribution in [2.75, 3.05) is 13.7 Å². The molecule has 0 radical (unpaired) electrons. The summed E-state index contributed by atoms with van der Waals surface area (Å²) in [7, 11) is 1.49. The van der Waals surface area contributed by atoms with Gasteiger partial charge >= 0.3 is 0 Å². The lowest BCUT2D eigenvalue weighted by Crippen LogP contribution is -2.31. The van der Waals surface area contributed by atoms with Gasteiger partial charge in [-0.15, -0.1) is 0 Å². The van der Waals surface area contributed by atoms with Gasteiger partial charge in [-0.25, -0.2) is 5.84 Å². The zero-order valence-corrected chi connectivity index (χ0v) is 6.54. The molecule has 0 bridgehead atoms. The molecule has 66 valence electrons. The maximum atomic E-state index is 10.5. The first-order valence-electron chi connectivity index (χ1n) is 3.37. The number of nitrogens with one attached hydrogen (secondary N) is 1. The predicted molar refractivity (Wildman–Crippen MR) is 39.4 cm³/mol. The fourth-order valence-electron chi connectivity index (χ4n) is 0.646. The summed E-state index contributed by atoms with van der Waals surface area (Å²) in [6, 6.07) is 0. The molecular formula is C6H14N2O3. The van der Waals surface area contributed by atoms with Gasteiger partial charge in [0.25, 0.3) is 0 Å². The molecule has 0 aliphatic heterocycles. The highest BCUT2D eigenvalue weighted by Gasteiger charge is 2.05. The summed E-state index contributed by atoms with van der Waals surface area (Å²) >= 11 is 0. The molecule has 5 heteroatoms. The first-order chi connectivity index (χ1) is 5.20. The quantitative estimate of drug-likeness (QED) is 0.268. The second kappa shape index (κ2) is 6.09. The van der Waals surface area contributed by atoms with Crippen molar-refractivity contribution in [3.63, 3.8) is 0 Å². The molecule has 11 heavy (non-hydrogen) atoms. The number of aliphatic hydroxyl groups is 1. The maximum Gasteiger partial charge on any atom is 0.233 e. The number of nitrogens with two attached hydrogens (primary N) is 1. The molecule has 0 saturated carbocycles. The van der Waals surface area contributed by atoms with Crippen LogP contribution in [-0.4, -0.2) is 30.8 Å². The SMILES string of the molecule is COC[C@H](O)CCC(=O)NN. The molecule has 1 atom stereocenters. The molecular weight excluding hydrogens is 148 g/mol. The van der Waals surface area contributed by atoms with Gasteiger partial charge in [-0.3, -0.25) is 10.2 Å². The number of ether oxygens (including phenoxy) is 1. The molecule has 4 N–H and O–H groups in total. The molecule has 0 unspecified atom stereocenters. The van der Waals surface area contributed by atoms with Gasteiger partial charge in [-0.2, -0.15) is 0 Å². The van der Waals surface area contributed by atoms with Crippen LogP contribution in [0.5, 0.6) is 0 Å². The second-order valence-corrected chi connectivity index (χ2v) is 2.22. The lowest BCUT2D eigenvalue weighted by molar-refractivity contribution is -0.121. The minimum Gasteiger partial charge on any atom is -0.391 e. The fourth-order valence-corrected chi connectivity index (χ4v) is 0.646. The number of hydrazine groups is 1. The maximum absolute atomic E-state index is 10.5. The van der Waals surface area contributed by atoms with E-state index < -0.39 is 6.10 Å². The van der Waals surface area contributed by atoms with Crippen molar-refractivity contribution in [2.45, 2.75) is 18.9 Å². The number of carbonyl (C=O) groups is 1. The van der Waals surface area contributed by atoms with Crippen LogP contribution in [0, 0.1) is 0 Å². The monoisotopic (exact) mass is 162 g/mol. The zero-order valence-electron chi connectivity index (χ0n) is 6.54. The molecule has 0 rings (SSSR count). The van der Waals surface area contributed by atoms with E-state index in [4.69, 9.17) is 10.9 Å². The highest BCUT2D eigenvalue weighted by molar-refractivity contribution is 5.75. The number of hydrogen-bond acceptors (Lipinski definition) is 4. The number of aliphatic hydroxyl groups excluding tert-OH is 1. The van der Waals surface area contributed by atoms with Gasteiger partial charge in [0.15, 0.2) is 0 Å². The Morgan fingerprint density at radius 1 is 1.82 bits per heavy atom. The molecule has 0 fully saturated rings. The number of methoxy groups -OCH3 is 1. The Morgan fingerprint density at radius 2 is 2.45 bits per heavy atom. The van der Waals surface area contributed by atoms with Crippen LogP contribution in [0.4, 0.5) is 0 Å². The summed E-state index contributed by atoms with van der Waals surface area (Å²) in [6.45, 7) is 0.248. The number of rotatable bonds is 5. The van der Waals surface area contributed by atoms with E-state index in [-0.39, 0.29) is 18.9 Å². The van der Waals surface area contributed by atoms with Crippen LogP contribution in [-0.2, 0) is 9.53 Å². The highest BCUT2D eigenvalue weighted by atomic mass is 16.5. The average Bonchev–Trinajstić information content (AvgIpc) is 2.01.